The molecule has 5 heterocycles. The van der Waals surface area contributed by atoms with Crippen LogP contribution in [0.15, 0.2) is 54.7 Å². The summed E-state index contributed by atoms with van der Waals surface area (Å²) in [6, 6.07) is 16.6. The van der Waals surface area contributed by atoms with Gasteiger partial charge in [0, 0.05) is 17.8 Å². The number of aryl methyl sites for hydroxylation is 1. The number of nitrogens with zero attached hydrogens (tertiary/aromatic N) is 6. The summed E-state index contributed by atoms with van der Waals surface area (Å²) in [6.07, 6.45) is 2.03. The van der Waals surface area contributed by atoms with E-state index in [1.165, 1.54) is 0 Å². The highest BCUT2D eigenvalue weighted by atomic mass is 35.5. The molecule has 0 saturated carbocycles. The quantitative estimate of drug-likeness (QED) is 0.440. The van der Waals surface area contributed by atoms with E-state index in [1.807, 2.05) is 42.1 Å². The summed E-state index contributed by atoms with van der Waals surface area (Å²) in [5.74, 6) is 0.860. The topological polar surface area (TPSA) is 62.2 Å². The molecule has 1 aliphatic rings. The molecule has 6 rings (SSSR count). The highest BCUT2D eigenvalue weighted by molar-refractivity contribution is 6.30. The van der Waals surface area contributed by atoms with Crippen molar-refractivity contribution in [1.82, 2.24) is 28.9 Å². The first-order valence-corrected chi connectivity index (χ1v) is 10.3. The van der Waals surface area contributed by atoms with Crippen LogP contribution >= 0.6 is 11.6 Å². The summed E-state index contributed by atoms with van der Waals surface area (Å²) in [6.45, 7) is 4.09. The van der Waals surface area contributed by atoms with Gasteiger partial charge in [-0.1, -0.05) is 23.7 Å². The van der Waals surface area contributed by atoms with Crippen molar-refractivity contribution < 1.29 is 4.74 Å². The molecule has 0 amide bonds. The van der Waals surface area contributed by atoms with Crippen LogP contribution in [0.1, 0.15) is 17.4 Å². The average molecular weight is 419 g/mol. The van der Waals surface area contributed by atoms with E-state index in [9.17, 15) is 0 Å². The highest BCUT2D eigenvalue weighted by Gasteiger charge is 2.23. The van der Waals surface area contributed by atoms with Gasteiger partial charge in [-0.05, 0) is 48.9 Å². The van der Waals surface area contributed by atoms with Crippen molar-refractivity contribution in [2.75, 3.05) is 13.2 Å². The summed E-state index contributed by atoms with van der Waals surface area (Å²) in [7, 11) is 0. The molecule has 5 aromatic rings. The van der Waals surface area contributed by atoms with Gasteiger partial charge in [-0.25, -0.2) is 0 Å². The van der Waals surface area contributed by atoms with Gasteiger partial charge in [0.1, 0.15) is 11.5 Å². The average Bonchev–Trinajstić information content (AvgIpc) is 3.39. The Morgan fingerprint density at radius 3 is 2.77 bits per heavy atom. The Kier molecular flexibility index (Phi) is 3.94. The molecule has 4 aromatic heterocycles. The second-order valence-corrected chi connectivity index (χ2v) is 8.10. The standard InChI is InChI=1S/C22H19ClN6O/c1-14-24-25-22-6-5-19-21(29(14)22)10-20(18-7-8-28(26-18)17-12-30-13-17)27(19)11-15-3-2-4-16(23)9-15/h2-10,17H,11-13H2,1H3. The number of benzene rings is 1. The Hall–Kier alpha value is -3.16. The van der Waals surface area contributed by atoms with Crippen LogP contribution in [0.2, 0.25) is 5.02 Å². The van der Waals surface area contributed by atoms with Gasteiger partial charge >= 0.3 is 0 Å². The lowest BCUT2D eigenvalue weighted by Gasteiger charge is -2.25. The van der Waals surface area contributed by atoms with Gasteiger partial charge in [0.05, 0.1) is 36.0 Å². The SMILES string of the molecule is Cc1nnc2ccc3c(cc(-c4ccn(C5COC5)n4)n3Cc3cccc(Cl)c3)n12. The van der Waals surface area contributed by atoms with Gasteiger partial charge < -0.3 is 9.30 Å². The van der Waals surface area contributed by atoms with Gasteiger partial charge in [0.25, 0.3) is 0 Å². The van der Waals surface area contributed by atoms with Crippen LogP contribution in [-0.4, -0.2) is 42.2 Å². The van der Waals surface area contributed by atoms with E-state index in [1.54, 1.807) is 0 Å². The number of halogens is 1. The van der Waals surface area contributed by atoms with E-state index in [0.29, 0.717) is 25.8 Å². The van der Waals surface area contributed by atoms with Crippen molar-refractivity contribution in [3.63, 3.8) is 0 Å². The number of hydrogen-bond acceptors (Lipinski definition) is 4. The molecular weight excluding hydrogens is 400 g/mol. The van der Waals surface area contributed by atoms with Crippen LogP contribution in [0.4, 0.5) is 0 Å². The molecule has 1 aliphatic heterocycles. The summed E-state index contributed by atoms with van der Waals surface area (Å²) in [5, 5.41) is 14.1. The molecule has 0 spiro atoms. The molecule has 0 bridgehead atoms. The van der Waals surface area contributed by atoms with Crippen LogP contribution in [0.25, 0.3) is 28.1 Å². The number of aromatic nitrogens is 6. The fourth-order valence-electron chi connectivity index (χ4n) is 4.10. The Labute approximate surface area is 177 Å². The predicted octanol–water partition coefficient (Wildman–Crippen LogP) is 4.13. The van der Waals surface area contributed by atoms with Crippen LogP contribution in [0, 0.1) is 6.92 Å². The lowest BCUT2D eigenvalue weighted by molar-refractivity contribution is -0.0285. The lowest BCUT2D eigenvalue weighted by atomic mass is 10.2. The molecule has 0 aliphatic carbocycles. The third-order valence-electron chi connectivity index (χ3n) is 5.69. The van der Waals surface area contributed by atoms with Crippen LogP contribution in [-0.2, 0) is 11.3 Å². The van der Waals surface area contributed by atoms with Gasteiger partial charge in [0.15, 0.2) is 5.65 Å². The predicted molar refractivity (Wildman–Crippen MR) is 115 cm³/mol. The zero-order chi connectivity index (χ0) is 20.2. The monoisotopic (exact) mass is 418 g/mol. The van der Waals surface area contributed by atoms with Crippen molar-refractivity contribution in [3.05, 3.63) is 71.1 Å². The summed E-state index contributed by atoms with van der Waals surface area (Å²) >= 11 is 6.25. The minimum Gasteiger partial charge on any atom is -0.377 e. The lowest BCUT2D eigenvalue weighted by Crippen LogP contribution is -2.30. The fraction of sp³-hybridized carbons (Fsp3) is 0.227. The van der Waals surface area contributed by atoms with E-state index in [-0.39, 0.29) is 0 Å². The van der Waals surface area contributed by atoms with Crippen LogP contribution in [0.3, 0.4) is 0 Å². The minimum atomic E-state index is 0.316. The maximum Gasteiger partial charge on any atom is 0.161 e. The molecule has 30 heavy (non-hydrogen) atoms. The third-order valence-corrected chi connectivity index (χ3v) is 5.93. The highest BCUT2D eigenvalue weighted by Crippen LogP contribution is 2.30. The first-order valence-electron chi connectivity index (χ1n) is 9.89. The van der Waals surface area contributed by atoms with Crippen molar-refractivity contribution in [2.45, 2.75) is 19.5 Å². The van der Waals surface area contributed by atoms with Crippen molar-refractivity contribution in [3.8, 4) is 11.4 Å². The zero-order valence-corrected chi connectivity index (χ0v) is 17.1. The van der Waals surface area contributed by atoms with Crippen LogP contribution < -0.4 is 0 Å². The molecule has 0 N–H and O–H groups in total. The van der Waals surface area contributed by atoms with E-state index in [2.05, 4.69) is 43.4 Å². The van der Waals surface area contributed by atoms with E-state index >= 15 is 0 Å². The largest absolute Gasteiger partial charge is 0.377 e. The van der Waals surface area contributed by atoms with E-state index < -0.39 is 0 Å². The molecule has 1 saturated heterocycles. The second kappa shape index (κ2) is 6.68. The number of ether oxygens (including phenoxy) is 1. The smallest absolute Gasteiger partial charge is 0.161 e. The number of fused-ring (bicyclic) bond motifs is 3. The maximum atomic E-state index is 6.25. The summed E-state index contributed by atoms with van der Waals surface area (Å²) in [4.78, 5) is 0. The van der Waals surface area contributed by atoms with Gasteiger partial charge in [-0.3, -0.25) is 9.08 Å². The van der Waals surface area contributed by atoms with Crippen LogP contribution in [0.5, 0.6) is 0 Å². The number of rotatable bonds is 4. The molecule has 8 heteroatoms. The maximum absolute atomic E-state index is 6.25. The molecule has 1 fully saturated rings. The van der Waals surface area contributed by atoms with Crippen molar-refractivity contribution in [2.24, 2.45) is 0 Å². The number of pyridine rings is 1. The van der Waals surface area contributed by atoms with Gasteiger partial charge in [0.2, 0.25) is 0 Å². The van der Waals surface area contributed by atoms with Gasteiger partial charge in [-0.2, -0.15) is 5.10 Å². The Morgan fingerprint density at radius 2 is 1.97 bits per heavy atom. The molecular formula is C22H19ClN6O. The summed E-state index contributed by atoms with van der Waals surface area (Å²) < 4.78 is 11.7. The van der Waals surface area contributed by atoms with E-state index in [4.69, 9.17) is 21.4 Å². The fourth-order valence-corrected chi connectivity index (χ4v) is 4.31. The van der Waals surface area contributed by atoms with Gasteiger partial charge in [-0.15, -0.1) is 10.2 Å². The molecule has 7 nitrogen and oxygen atoms in total. The molecule has 150 valence electrons. The third kappa shape index (κ3) is 2.74. The Balaban J connectivity index is 1.56. The molecule has 0 unspecified atom stereocenters. The van der Waals surface area contributed by atoms with E-state index in [0.717, 1.165) is 44.5 Å². The molecule has 1 aromatic carbocycles. The first kappa shape index (κ1) is 17.7. The minimum absolute atomic E-state index is 0.316. The second-order valence-electron chi connectivity index (χ2n) is 7.66. The van der Waals surface area contributed by atoms with Crippen molar-refractivity contribution >= 4 is 28.3 Å². The molecule has 0 atom stereocenters. The zero-order valence-electron chi connectivity index (χ0n) is 16.4. The summed E-state index contributed by atoms with van der Waals surface area (Å²) in [5.41, 5.74) is 6.11. The molecule has 0 radical (unpaired) electrons. The Morgan fingerprint density at radius 1 is 1.07 bits per heavy atom. The first-order chi connectivity index (χ1) is 14.7. The van der Waals surface area contributed by atoms with Crippen molar-refractivity contribution in [1.29, 1.82) is 0 Å². The normalized spacial score (nSPS) is 14.6. The Bertz CT molecular complexity index is 1390. The number of hydrogen-bond donors (Lipinski definition) is 0.